The van der Waals surface area contributed by atoms with Crippen molar-refractivity contribution in [1.29, 1.82) is 0 Å². The molecular weight excluding hydrogens is 248 g/mol. The second-order valence-corrected chi connectivity index (χ2v) is 6.89. The molecule has 5 heteroatoms. The fourth-order valence-corrected chi connectivity index (χ4v) is 3.37. The zero-order chi connectivity index (χ0) is 13.0. The van der Waals surface area contributed by atoms with Crippen LogP contribution in [-0.2, 0) is 9.84 Å². The van der Waals surface area contributed by atoms with Gasteiger partial charge in [0, 0.05) is 32.7 Å². The average Bonchev–Trinajstić information content (AvgIpc) is 2.39. The first kappa shape index (κ1) is 13.5. The van der Waals surface area contributed by atoms with Crippen molar-refractivity contribution in [2.75, 3.05) is 45.5 Å². The molecule has 1 aromatic rings. The zero-order valence-corrected chi connectivity index (χ0v) is 11.6. The molecule has 0 radical (unpaired) electrons. The van der Waals surface area contributed by atoms with Crippen LogP contribution in [-0.4, -0.2) is 63.7 Å². The molecule has 1 aromatic carbocycles. The molecule has 1 fully saturated rings. The highest BCUT2D eigenvalue weighted by molar-refractivity contribution is 7.91. The number of piperazine rings is 1. The van der Waals surface area contributed by atoms with Crippen molar-refractivity contribution in [2.24, 2.45) is 0 Å². The van der Waals surface area contributed by atoms with Crippen LogP contribution < -0.4 is 0 Å². The number of hydrogen-bond acceptors (Lipinski definition) is 4. The van der Waals surface area contributed by atoms with E-state index in [4.69, 9.17) is 0 Å². The standard InChI is InChI=1S/C13H20N2O2S/c1-14-7-9-15(10-8-14)11-12-18(16,17)13-5-3-2-4-6-13/h2-6H,7-12H2,1H3. The van der Waals surface area contributed by atoms with E-state index in [2.05, 4.69) is 16.8 Å². The molecule has 0 atom stereocenters. The van der Waals surface area contributed by atoms with Gasteiger partial charge >= 0.3 is 0 Å². The van der Waals surface area contributed by atoms with E-state index in [0.29, 0.717) is 11.4 Å². The smallest absolute Gasteiger partial charge is 0.179 e. The summed E-state index contributed by atoms with van der Waals surface area (Å²) in [6, 6.07) is 8.70. The molecule has 4 nitrogen and oxygen atoms in total. The van der Waals surface area contributed by atoms with Crippen LogP contribution in [0.15, 0.2) is 35.2 Å². The van der Waals surface area contributed by atoms with Gasteiger partial charge in [-0.05, 0) is 19.2 Å². The summed E-state index contributed by atoms with van der Waals surface area (Å²) in [5, 5.41) is 0. The van der Waals surface area contributed by atoms with Crippen LogP contribution in [0.3, 0.4) is 0 Å². The van der Waals surface area contributed by atoms with E-state index in [1.54, 1.807) is 24.3 Å². The van der Waals surface area contributed by atoms with E-state index < -0.39 is 9.84 Å². The number of sulfone groups is 1. The Labute approximate surface area is 109 Å². The third kappa shape index (κ3) is 3.54. The molecule has 0 N–H and O–H groups in total. The van der Waals surface area contributed by atoms with Gasteiger partial charge in [0.1, 0.15) is 0 Å². The first-order chi connectivity index (χ1) is 8.58. The van der Waals surface area contributed by atoms with Crippen LogP contribution in [0.4, 0.5) is 0 Å². The summed E-state index contributed by atoms with van der Waals surface area (Å²) in [6.45, 7) is 4.59. The number of hydrogen-bond donors (Lipinski definition) is 0. The Morgan fingerprint density at radius 1 is 1.06 bits per heavy atom. The third-order valence-electron chi connectivity index (χ3n) is 3.37. The Balaban J connectivity index is 1.90. The Hall–Kier alpha value is -0.910. The van der Waals surface area contributed by atoms with Crippen LogP contribution in [0.25, 0.3) is 0 Å². The summed E-state index contributed by atoms with van der Waals surface area (Å²) in [5.41, 5.74) is 0. The van der Waals surface area contributed by atoms with Crippen molar-refractivity contribution in [3.05, 3.63) is 30.3 Å². The SMILES string of the molecule is CN1CCN(CCS(=O)(=O)c2ccccc2)CC1. The second-order valence-electron chi connectivity index (χ2n) is 4.78. The first-order valence-electron chi connectivity index (χ1n) is 6.27. The lowest BCUT2D eigenvalue weighted by molar-refractivity contribution is 0.161. The molecule has 0 saturated carbocycles. The normalized spacial score (nSPS) is 18.9. The van der Waals surface area contributed by atoms with Gasteiger partial charge in [0.05, 0.1) is 10.6 Å². The zero-order valence-electron chi connectivity index (χ0n) is 10.7. The molecule has 0 spiro atoms. The predicted molar refractivity (Wildman–Crippen MR) is 72.4 cm³/mol. The van der Waals surface area contributed by atoms with Crippen LogP contribution >= 0.6 is 0 Å². The molecule has 1 aliphatic rings. The Kier molecular flexibility index (Phi) is 4.37. The summed E-state index contributed by atoms with van der Waals surface area (Å²) in [4.78, 5) is 4.92. The van der Waals surface area contributed by atoms with Gasteiger partial charge in [-0.3, -0.25) is 4.90 Å². The quantitative estimate of drug-likeness (QED) is 0.806. The maximum atomic E-state index is 12.1. The van der Waals surface area contributed by atoms with Crippen molar-refractivity contribution in [3.63, 3.8) is 0 Å². The van der Waals surface area contributed by atoms with Crippen LogP contribution in [0.5, 0.6) is 0 Å². The van der Waals surface area contributed by atoms with E-state index in [1.807, 2.05) is 6.07 Å². The van der Waals surface area contributed by atoms with E-state index >= 15 is 0 Å². The first-order valence-corrected chi connectivity index (χ1v) is 7.92. The maximum absolute atomic E-state index is 12.1. The molecule has 0 aromatic heterocycles. The Bertz CT molecular complexity index is 465. The van der Waals surface area contributed by atoms with Crippen LogP contribution in [0, 0.1) is 0 Å². The van der Waals surface area contributed by atoms with E-state index in [0.717, 1.165) is 26.2 Å². The molecule has 2 rings (SSSR count). The second kappa shape index (κ2) is 5.82. The third-order valence-corrected chi connectivity index (χ3v) is 5.08. The highest BCUT2D eigenvalue weighted by atomic mass is 32.2. The number of likely N-dealkylation sites (N-methyl/N-ethyl adjacent to an activating group) is 1. The minimum atomic E-state index is -3.13. The van der Waals surface area contributed by atoms with Crippen molar-refractivity contribution in [3.8, 4) is 0 Å². The number of rotatable bonds is 4. The average molecular weight is 268 g/mol. The maximum Gasteiger partial charge on any atom is 0.179 e. The summed E-state index contributed by atoms with van der Waals surface area (Å²) in [5.74, 6) is 0.209. The van der Waals surface area contributed by atoms with Crippen LogP contribution in [0.2, 0.25) is 0 Å². The minimum absolute atomic E-state index is 0.209. The van der Waals surface area contributed by atoms with E-state index in [9.17, 15) is 8.42 Å². The minimum Gasteiger partial charge on any atom is -0.304 e. The monoisotopic (exact) mass is 268 g/mol. The summed E-state index contributed by atoms with van der Waals surface area (Å²) in [7, 11) is -1.03. The van der Waals surface area contributed by atoms with Gasteiger partial charge in [0.15, 0.2) is 9.84 Å². The summed E-state index contributed by atoms with van der Waals surface area (Å²) < 4.78 is 24.2. The lowest BCUT2D eigenvalue weighted by Gasteiger charge is -2.32. The van der Waals surface area contributed by atoms with Gasteiger partial charge in [-0.2, -0.15) is 0 Å². The lowest BCUT2D eigenvalue weighted by Crippen LogP contribution is -2.45. The van der Waals surface area contributed by atoms with Crippen molar-refractivity contribution in [2.45, 2.75) is 4.90 Å². The Morgan fingerprint density at radius 2 is 1.67 bits per heavy atom. The van der Waals surface area contributed by atoms with Gasteiger partial charge < -0.3 is 4.90 Å². The topological polar surface area (TPSA) is 40.6 Å². The molecule has 0 aliphatic carbocycles. The van der Waals surface area contributed by atoms with E-state index in [1.165, 1.54) is 0 Å². The van der Waals surface area contributed by atoms with Crippen LogP contribution in [0.1, 0.15) is 0 Å². The number of benzene rings is 1. The van der Waals surface area contributed by atoms with Crippen molar-refractivity contribution in [1.82, 2.24) is 9.80 Å². The highest BCUT2D eigenvalue weighted by Crippen LogP contribution is 2.10. The molecule has 18 heavy (non-hydrogen) atoms. The summed E-state index contributed by atoms with van der Waals surface area (Å²) >= 11 is 0. The molecule has 1 heterocycles. The van der Waals surface area contributed by atoms with Crippen molar-refractivity contribution >= 4 is 9.84 Å². The fourth-order valence-electron chi connectivity index (χ4n) is 2.07. The molecule has 0 amide bonds. The molecule has 1 saturated heterocycles. The van der Waals surface area contributed by atoms with Gasteiger partial charge in [0.25, 0.3) is 0 Å². The Morgan fingerprint density at radius 3 is 2.28 bits per heavy atom. The lowest BCUT2D eigenvalue weighted by atomic mass is 10.3. The van der Waals surface area contributed by atoms with Gasteiger partial charge in [-0.15, -0.1) is 0 Å². The van der Waals surface area contributed by atoms with Gasteiger partial charge in [-0.25, -0.2) is 8.42 Å². The number of nitrogens with zero attached hydrogens (tertiary/aromatic N) is 2. The molecule has 1 aliphatic heterocycles. The van der Waals surface area contributed by atoms with Gasteiger partial charge in [-0.1, -0.05) is 18.2 Å². The molecular formula is C13H20N2O2S. The van der Waals surface area contributed by atoms with Gasteiger partial charge in [0.2, 0.25) is 0 Å². The fraction of sp³-hybridized carbons (Fsp3) is 0.538. The highest BCUT2D eigenvalue weighted by Gasteiger charge is 2.18. The van der Waals surface area contributed by atoms with Crippen molar-refractivity contribution < 1.29 is 8.42 Å². The predicted octanol–water partition coefficient (Wildman–Crippen LogP) is 0.708. The largest absolute Gasteiger partial charge is 0.304 e. The molecule has 0 bridgehead atoms. The molecule has 0 unspecified atom stereocenters. The molecule has 100 valence electrons. The van der Waals surface area contributed by atoms with E-state index in [-0.39, 0.29) is 5.75 Å². The summed E-state index contributed by atoms with van der Waals surface area (Å²) in [6.07, 6.45) is 0.